The molecule has 1 atom stereocenters. The fourth-order valence-electron chi connectivity index (χ4n) is 2.17. The van der Waals surface area contributed by atoms with Gasteiger partial charge in [-0.25, -0.2) is 0 Å². The molecule has 0 bridgehead atoms. The molecule has 4 heteroatoms. The van der Waals surface area contributed by atoms with E-state index in [4.69, 9.17) is 20.3 Å². The third-order valence-corrected chi connectivity index (χ3v) is 3.14. The first kappa shape index (κ1) is 12.2. The Balaban J connectivity index is 2.41. The molecule has 0 aromatic heterocycles. The summed E-state index contributed by atoms with van der Waals surface area (Å²) in [5.74, 6) is 1.52. The number of aliphatic hydroxyl groups excluding tert-OH is 1. The smallest absolute Gasteiger partial charge is 0.161 e. The molecule has 1 unspecified atom stereocenters. The molecule has 17 heavy (non-hydrogen) atoms. The molecular weight excluding hydrogens is 218 g/mol. The zero-order chi connectivity index (χ0) is 12.5. The topological polar surface area (TPSA) is 64.7 Å². The number of ether oxygens (including phenoxy) is 2. The van der Waals surface area contributed by atoms with Crippen LogP contribution >= 0.6 is 0 Å². The standard InChI is InChI=1S/C13H19NO3/c1-9-7-11-12(17-6-5-16-11)8-10(9)13(2,14)3-4-15/h7-8,15H,3-6,14H2,1-2H3. The van der Waals surface area contributed by atoms with Crippen LogP contribution in [-0.2, 0) is 5.54 Å². The summed E-state index contributed by atoms with van der Waals surface area (Å²) >= 11 is 0. The number of benzene rings is 1. The van der Waals surface area contributed by atoms with Gasteiger partial charge in [0.05, 0.1) is 0 Å². The molecule has 0 aliphatic carbocycles. The summed E-state index contributed by atoms with van der Waals surface area (Å²) in [5.41, 5.74) is 7.74. The summed E-state index contributed by atoms with van der Waals surface area (Å²) in [7, 11) is 0. The van der Waals surface area contributed by atoms with Gasteiger partial charge in [0.15, 0.2) is 11.5 Å². The quantitative estimate of drug-likeness (QED) is 0.832. The van der Waals surface area contributed by atoms with Crippen LogP contribution < -0.4 is 15.2 Å². The molecule has 1 heterocycles. The maximum atomic E-state index is 9.06. The van der Waals surface area contributed by atoms with E-state index in [-0.39, 0.29) is 6.61 Å². The third kappa shape index (κ3) is 2.37. The maximum absolute atomic E-state index is 9.06. The van der Waals surface area contributed by atoms with Gasteiger partial charge in [-0.15, -0.1) is 0 Å². The molecule has 2 rings (SSSR count). The number of fused-ring (bicyclic) bond motifs is 1. The Kier molecular flexibility index (Phi) is 3.26. The van der Waals surface area contributed by atoms with Gasteiger partial charge in [0.1, 0.15) is 13.2 Å². The van der Waals surface area contributed by atoms with Crippen LogP contribution in [0.2, 0.25) is 0 Å². The minimum atomic E-state index is -0.547. The Morgan fingerprint density at radius 2 is 1.88 bits per heavy atom. The lowest BCUT2D eigenvalue weighted by Gasteiger charge is -2.28. The molecule has 0 spiro atoms. The van der Waals surface area contributed by atoms with Crippen LogP contribution in [-0.4, -0.2) is 24.9 Å². The Bertz CT molecular complexity index is 415. The van der Waals surface area contributed by atoms with Crippen molar-refractivity contribution >= 4 is 0 Å². The number of aliphatic hydroxyl groups is 1. The lowest BCUT2D eigenvalue weighted by molar-refractivity contribution is 0.170. The molecule has 1 aromatic carbocycles. The van der Waals surface area contributed by atoms with E-state index in [0.717, 1.165) is 22.6 Å². The van der Waals surface area contributed by atoms with Crippen molar-refractivity contribution < 1.29 is 14.6 Å². The predicted octanol–water partition coefficient (Wildman–Crippen LogP) is 1.32. The van der Waals surface area contributed by atoms with E-state index >= 15 is 0 Å². The Morgan fingerprint density at radius 1 is 1.29 bits per heavy atom. The number of hydrogen-bond donors (Lipinski definition) is 2. The van der Waals surface area contributed by atoms with Gasteiger partial charge in [-0.05, 0) is 43.5 Å². The second-order valence-corrected chi connectivity index (χ2v) is 4.70. The van der Waals surface area contributed by atoms with Gasteiger partial charge in [-0.2, -0.15) is 0 Å². The van der Waals surface area contributed by atoms with Crippen molar-refractivity contribution in [1.29, 1.82) is 0 Å². The van der Waals surface area contributed by atoms with Gasteiger partial charge in [0, 0.05) is 12.1 Å². The number of hydrogen-bond acceptors (Lipinski definition) is 4. The highest BCUT2D eigenvalue weighted by molar-refractivity contribution is 5.49. The van der Waals surface area contributed by atoms with Crippen molar-refractivity contribution in [2.24, 2.45) is 5.73 Å². The first-order valence-corrected chi connectivity index (χ1v) is 5.85. The molecule has 1 aliphatic rings. The van der Waals surface area contributed by atoms with Crippen molar-refractivity contribution in [2.75, 3.05) is 19.8 Å². The predicted molar refractivity (Wildman–Crippen MR) is 65.4 cm³/mol. The average molecular weight is 237 g/mol. The molecule has 1 aliphatic heterocycles. The molecule has 0 saturated heterocycles. The average Bonchev–Trinajstić information content (AvgIpc) is 2.27. The van der Waals surface area contributed by atoms with Crippen LogP contribution in [0.1, 0.15) is 24.5 Å². The molecule has 0 fully saturated rings. The fourth-order valence-corrected chi connectivity index (χ4v) is 2.17. The molecular formula is C13H19NO3. The zero-order valence-corrected chi connectivity index (χ0v) is 10.3. The summed E-state index contributed by atoms with van der Waals surface area (Å²) in [4.78, 5) is 0. The Labute approximate surface area is 101 Å². The second-order valence-electron chi connectivity index (χ2n) is 4.70. The van der Waals surface area contributed by atoms with E-state index in [2.05, 4.69) is 0 Å². The highest BCUT2D eigenvalue weighted by Gasteiger charge is 2.25. The van der Waals surface area contributed by atoms with Gasteiger partial charge >= 0.3 is 0 Å². The third-order valence-electron chi connectivity index (χ3n) is 3.14. The summed E-state index contributed by atoms with van der Waals surface area (Å²) in [5, 5.41) is 9.06. The molecule has 0 saturated carbocycles. The highest BCUT2D eigenvalue weighted by atomic mass is 16.6. The molecule has 3 N–H and O–H groups in total. The van der Waals surface area contributed by atoms with E-state index in [1.807, 2.05) is 26.0 Å². The van der Waals surface area contributed by atoms with E-state index in [9.17, 15) is 0 Å². The zero-order valence-electron chi connectivity index (χ0n) is 10.3. The van der Waals surface area contributed by atoms with Crippen molar-refractivity contribution in [2.45, 2.75) is 25.8 Å². The molecule has 4 nitrogen and oxygen atoms in total. The fraction of sp³-hybridized carbons (Fsp3) is 0.538. The number of aryl methyl sites for hydroxylation is 1. The Hall–Kier alpha value is -1.26. The monoisotopic (exact) mass is 237 g/mol. The molecule has 0 radical (unpaired) electrons. The summed E-state index contributed by atoms with van der Waals surface area (Å²) in [6.07, 6.45) is 0.521. The van der Waals surface area contributed by atoms with E-state index < -0.39 is 5.54 Å². The van der Waals surface area contributed by atoms with Gasteiger partial charge < -0.3 is 20.3 Å². The normalized spacial score (nSPS) is 17.6. The molecule has 94 valence electrons. The lowest BCUT2D eigenvalue weighted by atomic mass is 9.86. The van der Waals surface area contributed by atoms with Gasteiger partial charge in [-0.3, -0.25) is 0 Å². The SMILES string of the molecule is Cc1cc2c(cc1C(C)(N)CCO)OCCO2. The second kappa shape index (κ2) is 4.55. The van der Waals surface area contributed by atoms with Crippen LogP contribution in [0.4, 0.5) is 0 Å². The van der Waals surface area contributed by atoms with Crippen molar-refractivity contribution in [3.8, 4) is 11.5 Å². The number of nitrogens with two attached hydrogens (primary N) is 1. The van der Waals surface area contributed by atoms with Crippen LogP contribution in [0.15, 0.2) is 12.1 Å². The number of rotatable bonds is 3. The van der Waals surface area contributed by atoms with Crippen LogP contribution in [0.25, 0.3) is 0 Å². The highest BCUT2D eigenvalue weighted by Crippen LogP contribution is 2.36. The van der Waals surface area contributed by atoms with E-state index in [1.54, 1.807) is 0 Å². The van der Waals surface area contributed by atoms with Crippen LogP contribution in [0.3, 0.4) is 0 Å². The van der Waals surface area contributed by atoms with E-state index in [1.165, 1.54) is 0 Å². The van der Waals surface area contributed by atoms with Crippen LogP contribution in [0.5, 0.6) is 11.5 Å². The minimum absolute atomic E-state index is 0.0703. The summed E-state index contributed by atoms with van der Waals surface area (Å²) in [6, 6.07) is 3.88. The van der Waals surface area contributed by atoms with Crippen LogP contribution in [0, 0.1) is 6.92 Å². The van der Waals surface area contributed by atoms with Gasteiger partial charge in [0.2, 0.25) is 0 Å². The first-order valence-electron chi connectivity index (χ1n) is 5.85. The molecule has 1 aromatic rings. The maximum Gasteiger partial charge on any atom is 0.161 e. The minimum Gasteiger partial charge on any atom is -0.486 e. The molecule has 0 amide bonds. The van der Waals surface area contributed by atoms with E-state index in [0.29, 0.717) is 19.6 Å². The van der Waals surface area contributed by atoms with Crippen molar-refractivity contribution in [1.82, 2.24) is 0 Å². The van der Waals surface area contributed by atoms with Crippen molar-refractivity contribution in [3.63, 3.8) is 0 Å². The Morgan fingerprint density at radius 3 is 2.47 bits per heavy atom. The van der Waals surface area contributed by atoms with Crippen molar-refractivity contribution in [3.05, 3.63) is 23.3 Å². The van der Waals surface area contributed by atoms with Gasteiger partial charge in [0.25, 0.3) is 0 Å². The summed E-state index contributed by atoms with van der Waals surface area (Å²) in [6.45, 7) is 5.14. The lowest BCUT2D eigenvalue weighted by Crippen LogP contribution is -2.35. The van der Waals surface area contributed by atoms with Gasteiger partial charge in [-0.1, -0.05) is 0 Å². The first-order chi connectivity index (χ1) is 8.04. The largest absolute Gasteiger partial charge is 0.486 e. The summed E-state index contributed by atoms with van der Waals surface area (Å²) < 4.78 is 11.1.